The van der Waals surface area contributed by atoms with Crippen LogP contribution in [-0.4, -0.2) is 23.7 Å². The molecule has 0 aromatic carbocycles. The van der Waals surface area contributed by atoms with Gasteiger partial charge in [0.1, 0.15) is 0 Å². The number of rotatable bonds is 5. The van der Waals surface area contributed by atoms with Crippen LogP contribution in [0.1, 0.15) is 58.8 Å². The van der Waals surface area contributed by atoms with Gasteiger partial charge >= 0.3 is 0 Å². The van der Waals surface area contributed by atoms with Crippen molar-refractivity contribution in [3.63, 3.8) is 0 Å². The number of hydrogen-bond donors (Lipinski definition) is 2. The fraction of sp³-hybridized carbons (Fsp3) is 0.941. The Morgan fingerprint density at radius 3 is 2.10 bits per heavy atom. The molecule has 0 aliphatic heterocycles. The summed E-state index contributed by atoms with van der Waals surface area (Å²) in [6.07, 6.45) is 8.87. The van der Waals surface area contributed by atoms with E-state index in [1.807, 2.05) is 13.8 Å². The molecule has 4 aliphatic carbocycles. The van der Waals surface area contributed by atoms with Crippen LogP contribution in [0.4, 0.5) is 0 Å². The summed E-state index contributed by atoms with van der Waals surface area (Å²) >= 11 is 0. The highest BCUT2D eigenvalue weighted by atomic mass is 16.3. The van der Waals surface area contributed by atoms with Crippen LogP contribution in [0.15, 0.2) is 0 Å². The molecule has 2 atom stereocenters. The molecular weight excluding hydrogens is 250 g/mol. The Hall–Kier alpha value is -0.570. The molecule has 20 heavy (non-hydrogen) atoms. The monoisotopic (exact) mass is 279 g/mol. The van der Waals surface area contributed by atoms with Crippen molar-refractivity contribution in [2.75, 3.05) is 6.61 Å². The van der Waals surface area contributed by atoms with E-state index in [0.29, 0.717) is 5.41 Å². The first-order valence-electron chi connectivity index (χ1n) is 8.40. The van der Waals surface area contributed by atoms with Crippen molar-refractivity contribution in [1.29, 1.82) is 0 Å². The van der Waals surface area contributed by atoms with Crippen LogP contribution in [0.2, 0.25) is 0 Å². The fourth-order valence-electron chi connectivity index (χ4n) is 5.45. The van der Waals surface area contributed by atoms with E-state index in [4.69, 9.17) is 5.11 Å². The van der Waals surface area contributed by atoms with Gasteiger partial charge in [-0.2, -0.15) is 0 Å². The third-order valence-corrected chi connectivity index (χ3v) is 6.23. The first-order valence-corrected chi connectivity index (χ1v) is 8.40. The Morgan fingerprint density at radius 1 is 1.15 bits per heavy atom. The molecule has 4 fully saturated rings. The zero-order valence-electron chi connectivity index (χ0n) is 12.9. The second kappa shape index (κ2) is 5.32. The Bertz CT molecular complexity index is 344. The highest BCUT2D eigenvalue weighted by molar-refractivity contribution is 5.77. The van der Waals surface area contributed by atoms with Crippen molar-refractivity contribution in [2.24, 2.45) is 29.1 Å². The van der Waals surface area contributed by atoms with Crippen LogP contribution in [0.3, 0.4) is 0 Å². The quantitative estimate of drug-likeness (QED) is 0.813. The Kier molecular flexibility index (Phi) is 3.83. The Labute approximate surface area is 122 Å². The number of carbonyl (C=O) groups is 1. The summed E-state index contributed by atoms with van der Waals surface area (Å²) in [7, 11) is 0. The SMILES string of the molecule is CC(CO)C(C)NC(=O)CC12CC3CC(CC(C3)C1)C2. The topological polar surface area (TPSA) is 49.3 Å². The highest BCUT2D eigenvalue weighted by Crippen LogP contribution is 2.61. The molecule has 2 N–H and O–H groups in total. The molecule has 0 radical (unpaired) electrons. The molecule has 0 aromatic heterocycles. The lowest BCUT2D eigenvalue weighted by Gasteiger charge is -2.56. The highest BCUT2D eigenvalue weighted by Gasteiger charge is 2.51. The second-order valence-corrected chi connectivity index (χ2v) is 8.11. The number of hydrogen-bond acceptors (Lipinski definition) is 2. The van der Waals surface area contributed by atoms with Gasteiger partial charge in [-0.1, -0.05) is 6.92 Å². The first-order chi connectivity index (χ1) is 9.49. The van der Waals surface area contributed by atoms with Gasteiger partial charge in [0.15, 0.2) is 0 Å². The molecule has 4 bridgehead atoms. The summed E-state index contributed by atoms with van der Waals surface area (Å²) < 4.78 is 0. The summed E-state index contributed by atoms with van der Waals surface area (Å²) in [4.78, 5) is 12.4. The van der Waals surface area contributed by atoms with Crippen LogP contribution in [0.25, 0.3) is 0 Å². The lowest BCUT2D eigenvalue weighted by molar-refractivity contribution is -0.130. The van der Waals surface area contributed by atoms with Gasteiger partial charge in [-0.15, -0.1) is 0 Å². The molecule has 3 nitrogen and oxygen atoms in total. The zero-order valence-corrected chi connectivity index (χ0v) is 12.9. The molecule has 114 valence electrons. The molecule has 3 heteroatoms. The van der Waals surface area contributed by atoms with Gasteiger partial charge in [0, 0.05) is 19.1 Å². The molecule has 4 saturated carbocycles. The Morgan fingerprint density at radius 2 is 1.65 bits per heavy atom. The van der Waals surface area contributed by atoms with Crippen LogP contribution in [0, 0.1) is 29.1 Å². The molecule has 1 amide bonds. The summed E-state index contributed by atoms with van der Waals surface area (Å²) in [5, 5.41) is 12.3. The lowest BCUT2D eigenvalue weighted by atomic mass is 9.49. The number of nitrogens with one attached hydrogen (secondary N) is 1. The number of aliphatic hydroxyl groups excluding tert-OH is 1. The van der Waals surface area contributed by atoms with E-state index >= 15 is 0 Å². The van der Waals surface area contributed by atoms with Crippen molar-refractivity contribution in [3.05, 3.63) is 0 Å². The summed E-state index contributed by atoms with van der Waals surface area (Å²) in [5.41, 5.74) is 0.320. The predicted molar refractivity (Wildman–Crippen MR) is 79.1 cm³/mol. The van der Waals surface area contributed by atoms with E-state index in [0.717, 1.165) is 24.2 Å². The van der Waals surface area contributed by atoms with E-state index in [9.17, 15) is 4.79 Å². The maximum absolute atomic E-state index is 12.4. The number of carbonyl (C=O) groups excluding carboxylic acids is 1. The van der Waals surface area contributed by atoms with Crippen LogP contribution < -0.4 is 5.32 Å². The summed E-state index contributed by atoms with van der Waals surface area (Å²) in [5.74, 6) is 3.06. The van der Waals surface area contributed by atoms with E-state index in [2.05, 4.69) is 5.32 Å². The molecule has 4 rings (SSSR count). The minimum absolute atomic E-state index is 0.0708. The molecule has 0 saturated heterocycles. The molecule has 2 unspecified atom stereocenters. The third kappa shape index (κ3) is 2.74. The van der Waals surface area contributed by atoms with E-state index < -0.39 is 0 Å². The van der Waals surface area contributed by atoms with E-state index in [-0.39, 0.29) is 24.5 Å². The molecule has 0 aromatic rings. The van der Waals surface area contributed by atoms with Gasteiger partial charge in [-0.25, -0.2) is 0 Å². The van der Waals surface area contributed by atoms with Crippen molar-refractivity contribution < 1.29 is 9.90 Å². The lowest BCUT2D eigenvalue weighted by Crippen LogP contribution is -2.49. The van der Waals surface area contributed by atoms with Crippen molar-refractivity contribution in [3.8, 4) is 0 Å². The largest absolute Gasteiger partial charge is 0.396 e. The van der Waals surface area contributed by atoms with Crippen LogP contribution in [-0.2, 0) is 4.79 Å². The summed E-state index contributed by atoms with van der Waals surface area (Å²) in [6.45, 7) is 4.12. The van der Waals surface area contributed by atoms with E-state index in [1.54, 1.807) is 0 Å². The standard InChI is InChI=1S/C17H29NO2/c1-11(10-19)12(2)18-16(20)9-17-6-13-3-14(7-17)5-15(4-13)8-17/h11-15,19H,3-10H2,1-2H3,(H,18,20). The van der Waals surface area contributed by atoms with Gasteiger partial charge in [0.2, 0.25) is 5.91 Å². The number of aliphatic hydroxyl groups is 1. The number of amides is 1. The van der Waals surface area contributed by atoms with E-state index in [1.165, 1.54) is 38.5 Å². The molecule has 0 heterocycles. The normalized spacial score (nSPS) is 41.5. The second-order valence-electron chi connectivity index (χ2n) is 8.11. The van der Waals surface area contributed by atoms with Gasteiger partial charge in [0.05, 0.1) is 0 Å². The maximum atomic E-state index is 12.4. The minimum Gasteiger partial charge on any atom is -0.396 e. The summed E-state index contributed by atoms with van der Waals surface area (Å²) in [6, 6.07) is 0.0708. The average Bonchev–Trinajstić information content (AvgIpc) is 2.34. The molecule has 0 spiro atoms. The third-order valence-electron chi connectivity index (χ3n) is 6.23. The van der Waals surface area contributed by atoms with Gasteiger partial charge in [-0.3, -0.25) is 4.79 Å². The zero-order chi connectivity index (χ0) is 14.3. The van der Waals surface area contributed by atoms with Crippen molar-refractivity contribution in [1.82, 2.24) is 5.32 Å². The minimum atomic E-state index is 0.0708. The predicted octanol–water partition coefficient (Wildman–Crippen LogP) is 2.73. The fourth-order valence-corrected chi connectivity index (χ4v) is 5.45. The van der Waals surface area contributed by atoms with Crippen LogP contribution in [0.5, 0.6) is 0 Å². The molecule has 4 aliphatic rings. The van der Waals surface area contributed by atoms with Gasteiger partial charge in [0.25, 0.3) is 0 Å². The smallest absolute Gasteiger partial charge is 0.220 e. The van der Waals surface area contributed by atoms with Gasteiger partial charge in [-0.05, 0) is 74.5 Å². The first kappa shape index (κ1) is 14.4. The molecular formula is C17H29NO2. The van der Waals surface area contributed by atoms with Crippen LogP contribution >= 0.6 is 0 Å². The van der Waals surface area contributed by atoms with Crippen molar-refractivity contribution >= 4 is 5.91 Å². The van der Waals surface area contributed by atoms with Gasteiger partial charge < -0.3 is 10.4 Å². The Balaban J connectivity index is 1.59. The maximum Gasteiger partial charge on any atom is 0.220 e. The average molecular weight is 279 g/mol. The van der Waals surface area contributed by atoms with Crippen molar-refractivity contribution in [2.45, 2.75) is 64.8 Å².